The van der Waals surface area contributed by atoms with Crippen molar-refractivity contribution in [2.75, 3.05) is 24.3 Å². The van der Waals surface area contributed by atoms with E-state index < -0.39 is 6.04 Å². The molecular weight excluding hydrogens is 324 g/mol. The molecule has 0 unspecified atom stereocenters. The summed E-state index contributed by atoms with van der Waals surface area (Å²) >= 11 is 5.84. The predicted octanol–water partition coefficient (Wildman–Crippen LogP) is 3.36. The first-order valence-electron chi connectivity index (χ1n) is 7.58. The zero-order valence-corrected chi connectivity index (χ0v) is 14.7. The van der Waals surface area contributed by atoms with E-state index in [9.17, 15) is 4.79 Å². The van der Waals surface area contributed by atoms with Crippen LogP contribution in [0.3, 0.4) is 0 Å². The molecular formula is C18H21ClN4O. The molecule has 0 bridgehead atoms. The number of halogens is 1. The van der Waals surface area contributed by atoms with E-state index in [0.29, 0.717) is 5.02 Å². The number of hydrogen-bond acceptors (Lipinski definition) is 4. The molecule has 0 fully saturated rings. The molecule has 0 aliphatic heterocycles. The number of anilines is 2. The summed E-state index contributed by atoms with van der Waals surface area (Å²) in [4.78, 5) is 14.0. The Balaban J connectivity index is 1.86. The highest BCUT2D eigenvalue weighted by Gasteiger charge is 2.11. The van der Waals surface area contributed by atoms with E-state index in [1.807, 2.05) is 55.4 Å². The third kappa shape index (κ3) is 5.28. The second kappa shape index (κ2) is 8.36. The number of nitrogens with one attached hydrogen (secondary N) is 2. The van der Waals surface area contributed by atoms with Gasteiger partial charge in [-0.15, -0.1) is 0 Å². The molecule has 24 heavy (non-hydrogen) atoms. The number of hydrazone groups is 1. The Morgan fingerprint density at radius 1 is 1.12 bits per heavy atom. The highest BCUT2D eigenvalue weighted by Crippen LogP contribution is 2.14. The fourth-order valence-corrected chi connectivity index (χ4v) is 2.11. The maximum Gasteiger partial charge on any atom is 0.262 e. The molecule has 0 radical (unpaired) electrons. The molecule has 0 aliphatic carbocycles. The fourth-order valence-electron chi connectivity index (χ4n) is 1.99. The van der Waals surface area contributed by atoms with E-state index in [1.54, 1.807) is 25.3 Å². The van der Waals surface area contributed by atoms with Crippen molar-refractivity contribution in [2.24, 2.45) is 5.10 Å². The predicted molar refractivity (Wildman–Crippen MR) is 101 cm³/mol. The molecule has 126 valence electrons. The number of benzene rings is 2. The SMILES string of the molecule is C[C@H](Nc1ccc(Cl)cc1)C(=O)N/N=C\c1ccc(N(C)C)cc1. The Morgan fingerprint density at radius 2 is 1.75 bits per heavy atom. The van der Waals surface area contributed by atoms with Crippen LogP contribution in [0.4, 0.5) is 11.4 Å². The van der Waals surface area contributed by atoms with Crippen molar-refractivity contribution in [3.05, 3.63) is 59.1 Å². The molecule has 0 aromatic heterocycles. The van der Waals surface area contributed by atoms with Crippen LogP contribution in [-0.4, -0.2) is 32.3 Å². The second-order valence-corrected chi connectivity index (χ2v) is 6.03. The van der Waals surface area contributed by atoms with Gasteiger partial charge in [-0.3, -0.25) is 4.79 Å². The summed E-state index contributed by atoms with van der Waals surface area (Å²) in [7, 11) is 3.97. The Labute approximate surface area is 147 Å². The van der Waals surface area contributed by atoms with Gasteiger partial charge in [0.1, 0.15) is 6.04 Å². The molecule has 1 amide bonds. The van der Waals surface area contributed by atoms with Crippen molar-refractivity contribution in [3.63, 3.8) is 0 Å². The lowest BCUT2D eigenvalue weighted by Gasteiger charge is -2.13. The lowest BCUT2D eigenvalue weighted by Crippen LogP contribution is -2.34. The minimum absolute atomic E-state index is 0.217. The summed E-state index contributed by atoms with van der Waals surface area (Å²) in [5, 5.41) is 7.74. The van der Waals surface area contributed by atoms with E-state index in [1.165, 1.54) is 0 Å². The summed E-state index contributed by atoms with van der Waals surface area (Å²) in [6.45, 7) is 1.77. The van der Waals surface area contributed by atoms with Gasteiger partial charge in [-0.05, 0) is 48.9 Å². The fraction of sp³-hybridized carbons (Fsp3) is 0.222. The van der Waals surface area contributed by atoms with Crippen LogP contribution in [-0.2, 0) is 4.79 Å². The van der Waals surface area contributed by atoms with Gasteiger partial charge in [0.25, 0.3) is 5.91 Å². The van der Waals surface area contributed by atoms with Crippen LogP contribution in [0.1, 0.15) is 12.5 Å². The maximum atomic E-state index is 12.0. The van der Waals surface area contributed by atoms with E-state index in [-0.39, 0.29) is 5.91 Å². The number of nitrogens with zero attached hydrogens (tertiary/aromatic N) is 2. The van der Waals surface area contributed by atoms with Gasteiger partial charge in [0.2, 0.25) is 0 Å². The number of rotatable bonds is 6. The van der Waals surface area contributed by atoms with Gasteiger partial charge in [0.15, 0.2) is 0 Å². The molecule has 6 heteroatoms. The second-order valence-electron chi connectivity index (χ2n) is 5.59. The van der Waals surface area contributed by atoms with Crippen molar-refractivity contribution in [3.8, 4) is 0 Å². The van der Waals surface area contributed by atoms with E-state index in [4.69, 9.17) is 11.6 Å². The van der Waals surface area contributed by atoms with Gasteiger partial charge < -0.3 is 10.2 Å². The van der Waals surface area contributed by atoms with Crippen molar-refractivity contribution < 1.29 is 4.79 Å². The number of carbonyl (C=O) groups is 1. The Kier molecular flexibility index (Phi) is 6.21. The summed E-state index contributed by atoms with van der Waals surface area (Å²) < 4.78 is 0. The molecule has 0 aliphatic rings. The highest BCUT2D eigenvalue weighted by molar-refractivity contribution is 6.30. The monoisotopic (exact) mass is 344 g/mol. The summed E-state index contributed by atoms with van der Waals surface area (Å²) in [5.74, 6) is -0.217. The minimum Gasteiger partial charge on any atom is -0.378 e. The Hall–Kier alpha value is -2.53. The molecule has 0 spiro atoms. The summed E-state index contributed by atoms with van der Waals surface area (Å²) in [6, 6.07) is 14.6. The van der Waals surface area contributed by atoms with Crippen molar-refractivity contribution >= 4 is 35.1 Å². The van der Waals surface area contributed by atoms with Crippen LogP contribution < -0.4 is 15.6 Å². The van der Waals surface area contributed by atoms with Gasteiger partial charge in [0.05, 0.1) is 6.21 Å². The lowest BCUT2D eigenvalue weighted by molar-refractivity contribution is -0.121. The van der Waals surface area contributed by atoms with E-state index >= 15 is 0 Å². The van der Waals surface area contributed by atoms with Crippen LogP contribution >= 0.6 is 11.6 Å². The quantitative estimate of drug-likeness (QED) is 0.624. The van der Waals surface area contributed by atoms with Crippen LogP contribution in [0.25, 0.3) is 0 Å². The van der Waals surface area contributed by atoms with Gasteiger partial charge in [-0.1, -0.05) is 23.7 Å². The number of amides is 1. The van der Waals surface area contributed by atoms with Crippen molar-refractivity contribution in [1.29, 1.82) is 0 Å². The first-order chi connectivity index (χ1) is 11.5. The van der Waals surface area contributed by atoms with Crippen molar-refractivity contribution in [2.45, 2.75) is 13.0 Å². The number of hydrogen-bond donors (Lipinski definition) is 2. The van der Waals surface area contributed by atoms with Crippen LogP contribution in [0.5, 0.6) is 0 Å². The molecule has 2 rings (SSSR count). The molecule has 0 saturated carbocycles. The summed E-state index contributed by atoms with van der Waals surface area (Å²) in [5.41, 5.74) is 5.38. The standard InChI is InChI=1S/C18H21ClN4O/c1-13(21-16-8-6-15(19)7-9-16)18(24)22-20-12-14-4-10-17(11-5-14)23(2)3/h4-13,21H,1-3H3,(H,22,24)/b20-12-/t13-/m0/s1. The summed E-state index contributed by atoms with van der Waals surface area (Å²) in [6.07, 6.45) is 1.62. The normalized spacial score (nSPS) is 12.0. The first kappa shape index (κ1) is 17.8. The third-order valence-electron chi connectivity index (χ3n) is 3.42. The lowest BCUT2D eigenvalue weighted by atomic mass is 10.2. The maximum absolute atomic E-state index is 12.0. The first-order valence-corrected chi connectivity index (χ1v) is 7.96. The van der Waals surface area contributed by atoms with Crippen LogP contribution in [0, 0.1) is 0 Å². The van der Waals surface area contributed by atoms with Gasteiger partial charge in [-0.2, -0.15) is 5.10 Å². The molecule has 5 nitrogen and oxygen atoms in total. The molecule has 2 aromatic carbocycles. The average Bonchev–Trinajstić information content (AvgIpc) is 2.57. The smallest absolute Gasteiger partial charge is 0.262 e. The topological polar surface area (TPSA) is 56.7 Å². The third-order valence-corrected chi connectivity index (χ3v) is 3.67. The Bertz CT molecular complexity index is 696. The van der Waals surface area contributed by atoms with E-state index in [2.05, 4.69) is 15.8 Å². The van der Waals surface area contributed by atoms with Crippen LogP contribution in [0.2, 0.25) is 5.02 Å². The van der Waals surface area contributed by atoms with Gasteiger partial charge >= 0.3 is 0 Å². The number of carbonyl (C=O) groups excluding carboxylic acids is 1. The average molecular weight is 345 g/mol. The van der Waals surface area contributed by atoms with E-state index in [0.717, 1.165) is 16.9 Å². The minimum atomic E-state index is -0.417. The molecule has 0 heterocycles. The zero-order chi connectivity index (χ0) is 17.5. The van der Waals surface area contributed by atoms with Gasteiger partial charge in [-0.25, -0.2) is 5.43 Å². The largest absolute Gasteiger partial charge is 0.378 e. The molecule has 2 aromatic rings. The van der Waals surface area contributed by atoms with Gasteiger partial charge in [0, 0.05) is 30.5 Å². The highest BCUT2D eigenvalue weighted by atomic mass is 35.5. The van der Waals surface area contributed by atoms with Crippen molar-refractivity contribution in [1.82, 2.24) is 5.43 Å². The molecule has 0 saturated heterocycles. The zero-order valence-electron chi connectivity index (χ0n) is 14.0. The van der Waals surface area contributed by atoms with Crippen LogP contribution in [0.15, 0.2) is 53.6 Å². The molecule has 2 N–H and O–H groups in total. The Morgan fingerprint density at radius 3 is 2.33 bits per heavy atom. The molecule has 1 atom stereocenters.